The van der Waals surface area contributed by atoms with Crippen molar-refractivity contribution in [2.45, 2.75) is 65.0 Å². The number of ether oxygens (including phenoxy) is 1. The zero-order chi connectivity index (χ0) is 19.1. The van der Waals surface area contributed by atoms with Crippen LogP contribution in [0.5, 0.6) is 5.88 Å². The number of hydrogen-bond acceptors (Lipinski definition) is 5. The summed E-state index contributed by atoms with van der Waals surface area (Å²) in [5, 5.41) is 18.5. The molecular weight excluding hydrogens is 332 g/mol. The summed E-state index contributed by atoms with van der Waals surface area (Å²) in [6, 6.07) is 2.01. The molecule has 0 saturated heterocycles. The molecule has 0 saturated carbocycles. The average molecular weight is 360 g/mol. The van der Waals surface area contributed by atoms with Crippen molar-refractivity contribution >= 4 is 11.0 Å². The molecule has 142 valence electrons. The third-order valence-corrected chi connectivity index (χ3v) is 5.51. The van der Waals surface area contributed by atoms with Gasteiger partial charge >= 0.3 is 5.56 Å². The Morgan fingerprint density at radius 1 is 1.35 bits per heavy atom. The van der Waals surface area contributed by atoms with Crippen molar-refractivity contribution in [3.63, 3.8) is 0 Å². The van der Waals surface area contributed by atoms with Crippen molar-refractivity contribution in [3.05, 3.63) is 33.1 Å². The van der Waals surface area contributed by atoms with E-state index < -0.39 is 6.10 Å². The minimum absolute atomic E-state index is 0.000743. The lowest BCUT2D eigenvalue weighted by molar-refractivity contribution is 0.107. The van der Waals surface area contributed by atoms with Crippen LogP contribution in [0.3, 0.4) is 0 Å². The van der Waals surface area contributed by atoms with E-state index in [2.05, 4.69) is 32.7 Å². The van der Waals surface area contributed by atoms with Crippen LogP contribution in [-0.2, 0) is 12.0 Å². The zero-order valence-electron chi connectivity index (χ0n) is 16.0. The lowest BCUT2D eigenvalue weighted by Gasteiger charge is -2.35. The van der Waals surface area contributed by atoms with E-state index in [0.29, 0.717) is 19.4 Å². The number of aryl methyl sites for hydroxylation is 2. The highest BCUT2D eigenvalue weighted by Gasteiger charge is 2.32. The van der Waals surface area contributed by atoms with Crippen molar-refractivity contribution in [3.8, 4) is 5.88 Å². The first-order valence-electron chi connectivity index (χ1n) is 9.23. The topological polar surface area (TPSA) is 84.6 Å². The Kier molecular flexibility index (Phi) is 5.08. The standard InChI is InChI=1S/C20H28N2O4/c1-12-11-15-17-16(13(12)2)20(3,4)7-8-22(17)19(25)18(21-15)26-10-6-14(24)5-9-23/h11,14,23-24H,5-10H2,1-4H3. The average Bonchev–Trinajstić information content (AvgIpc) is 2.56. The lowest BCUT2D eigenvalue weighted by atomic mass is 9.75. The quantitative estimate of drug-likeness (QED) is 0.825. The molecule has 0 bridgehead atoms. The van der Waals surface area contributed by atoms with Crippen molar-refractivity contribution < 1.29 is 14.9 Å². The lowest BCUT2D eigenvalue weighted by Crippen LogP contribution is -2.34. The highest BCUT2D eigenvalue weighted by molar-refractivity contribution is 5.83. The fraction of sp³-hybridized carbons (Fsp3) is 0.600. The Balaban J connectivity index is 2.04. The van der Waals surface area contributed by atoms with Gasteiger partial charge in [-0.1, -0.05) is 13.8 Å². The third-order valence-electron chi connectivity index (χ3n) is 5.51. The van der Waals surface area contributed by atoms with E-state index in [9.17, 15) is 9.90 Å². The van der Waals surface area contributed by atoms with Crippen molar-refractivity contribution in [2.24, 2.45) is 0 Å². The summed E-state index contributed by atoms with van der Waals surface area (Å²) < 4.78 is 7.39. The van der Waals surface area contributed by atoms with Crippen LogP contribution in [0.4, 0.5) is 0 Å². The Labute approximate surface area is 153 Å². The van der Waals surface area contributed by atoms with Gasteiger partial charge in [0.1, 0.15) is 0 Å². The van der Waals surface area contributed by atoms with Gasteiger partial charge in [0.25, 0.3) is 5.88 Å². The number of hydrogen-bond donors (Lipinski definition) is 2. The second-order valence-electron chi connectivity index (χ2n) is 7.87. The number of nitrogens with zero attached hydrogens (tertiary/aromatic N) is 2. The molecule has 1 aromatic heterocycles. The van der Waals surface area contributed by atoms with Gasteiger partial charge in [-0.2, -0.15) is 0 Å². The van der Waals surface area contributed by atoms with Gasteiger partial charge in [0, 0.05) is 19.6 Å². The SMILES string of the molecule is Cc1cc2nc(OCCC(O)CCO)c(=O)n3c2c(c1C)C(C)(C)CC3. The van der Waals surface area contributed by atoms with Gasteiger partial charge in [0.15, 0.2) is 0 Å². The molecule has 0 aliphatic carbocycles. The van der Waals surface area contributed by atoms with Gasteiger partial charge in [0.2, 0.25) is 0 Å². The van der Waals surface area contributed by atoms with Crippen molar-refractivity contribution in [2.75, 3.05) is 13.2 Å². The first kappa shape index (κ1) is 18.9. The number of aromatic nitrogens is 2. The smallest absolute Gasteiger partial charge is 0.313 e. The molecule has 6 heteroatoms. The molecule has 2 heterocycles. The van der Waals surface area contributed by atoms with Gasteiger partial charge in [-0.25, -0.2) is 4.98 Å². The van der Waals surface area contributed by atoms with Crippen LogP contribution in [0.25, 0.3) is 11.0 Å². The predicted molar refractivity (Wildman–Crippen MR) is 101 cm³/mol. The van der Waals surface area contributed by atoms with Gasteiger partial charge < -0.3 is 19.5 Å². The Bertz CT molecular complexity index is 886. The largest absolute Gasteiger partial charge is 0.474 e. The molecule has 0 amide bonds. The fourth-order valence-electron chi connectivity index (χ4n) is 3.85. The van der Waals surface area contributed by atoms with Crippen molar-refractivity contribution in [1.29, 1.82) is 0 Å². The highest BCUT2D eigenvalue weighted by Crippen LogP contribution is 2.40. The molecule has 2 N–H and O–H groups in total. The molecule has 6 nitrogen and oxygen atoms in total. The van der Waals surface area contributed by atoms with E-state index >= 15 is 0 Å². The summed E-state index contributed by atoms with van der Waals surface area (Å²) in [7, 11) is 0. The molecule has 1 atom stereocenters. The third kappa shape index (κ3) is 3.23. The number of aliphatic hydroxyl groups is 2. The maximum Gasteiger partial charge on any atom is 0.313 e. The summed E-state index contributed by atoms with van der Waals surface area (Å²) in [5.74, 6) is 0.0857. The molecule has 0 radical (unpaired) electrons. The number of rotatable bonds is 6. The van der Waals surface area contributed by atoms with E-state index in [-0.39, 0.29) is 30.1 Å². The van der Waals surface area contributed by atoms with Crippen LogP contribution >= 0.6 is 0 Å². The molecule has 1 aromatic carbocycles. The van der Waals surface area contributed by atoms with E-state index in [1.165, 1.54) is 11.1 Å². The molecule has 1 aliphatic rings. The Morgan fingerprint density at radius 2 is 2.08 bits per heavy atom. The minimum Gasteiger partial charge on any atom is -0.474 e. The van der Waals surface area contributed by atoms with Gasteiger partial charge in [0.05, 0.1) is 23.7 Å². The molecule has 1 aliphatic heterocycles. The first-order chi connectivity index (χ1) is 12.3. The summed E-state index contributed by atoms with van der Waals surface area (Å²) in [6.45, 7) is 9.38. The van der Waals surface area contributed by atoms with E-state index in [4.69, 9.17) is 9.84 Å². The van der Waals surface area contributed by atoms with Crippen LogP contribution in [0.15, 0.2) is 10.9 Å². The molecule has 1 unspecified atom stereocenters. The molecule has 2 aromatic rings. The predicted octanol–water partition coefficient (Wildman–Crippen LogP) is 2.21. The second kappa shape index (κ2) is 7.00. The molecular formula is C20H28N2O4. The van der Waals surface area contributed by atoms with Gasteiger partial charge in [-0.15, -0.1) is 0 Å². The normalized spacial score (nSPS) is 16.7. The van der Waals surface area contributed by atoms with Crippen LogP contribution < -0.4 is 10.3 Å². The molecule has 26 heavy (non-hydrogen) atoms. The maximum atomic E-state index is 12.9. The number of benzene rings is 1. The monoisotopic (exact) mass is 360 g/mol. The Hall–Kier alpha value is -1.92. The first-order valence-corrected chi connectivity index (χ1v) is 9.23. The maximum absolute atomic E-state index is 12.9. The summed E-state index contributed by atoms with van der Waals surface area (Å²) in [4.78, 5) is 17.4. The number of aliphatic hydroxyl groups excluding tert-OH is 2. The van der Waals surface area contributed by atoms with E-state index in [1.54, 1.807) is 4.57 Å². The van der Waals surface area contributed by atoms with Gasteiger partial charge in [-0.05, 0) is 54.9 Å². The van der Waals surface area contributed by atoms with E-state index in [1.807, 2.05) is 6.07 Å². The molecule has 3 rings (SSSR count). The van der Waals surface area contributed by atoms with Crippen LogP contribution in [0.1, 0.15) is 49.8 Å². The van der Waals surface area contributed by atoms with Crippen molar-refractivity contribution in [1.82, 2.24) is 9.55 Å². The Morgan fingerprint density at radius 3 is 2.77 bits per heavy atom. The summed E-state index contributed by atoms with van der Waals surface area (Å²) in [6.07, 6.45) is 0.900. The zero-order valence-corrected chi connectivity index (χ0v) is 16.0. The molecule has 0 fully saturated rings. The summed E-state index contributed by atoms with van der Waals surface area (Å²) >= 11 is 0. The van der Waals surface area contributed by atoms with Crippen LogP contribution in [0.2, 0.25) is 0 Å². The van der Waals surface area contributed by atoms with E-state index in [0.717, 1.165) is 23.0 Å². The second-order valence-corrected chi connectivity index (χ2v) is 7.87. The fourth-order valence-corrected chi connectivity index (χ4v) is 3.85. The highest BCUT2D eigenvalue weighted by atomic mass is 16.5. The minimum atomic E-state index is -0.640. The summed E-state index contributed by atoms with van der Waals surface area (Å²) in [5.41, 5.74) is 5.06. The molecule has 0 spiro atoms. The van der Waals surface area contributed by atoms with Crippen LogP contribution in [0, 0.1) is 13.8 Å². The van der Waals surface area contributed by atoms with Crippen LogP contribution in [-0.4, -0.2) is 39.1 Å². The van der Waals surface area contributed by atoms with Gasteiger partial charge in [-0.3, -0.25) is 4.79 Å².